The van der Waals surface area contributed by atoms with E-state index in [9.17, 15) is 18.0 Å². The maximum absolute atomic E-state index is 13.2. The summed E-state index contributed by atoms with van der Waals surface area (Å²) in [5.74, 6) is -1.85. The van der Waals surface area contributed by atoms with E-state index in [0.717, 1.165) is 10.5 Å². The Morgan fingerprint density at radius 2 is 1.91 bits per heavy atom. The second-order valence-corrected chi connectivity index (χ2v) is 8.64. The van der Waals surface area contributed by atoms with Gasteiger partial charge in [-0.2, -0.15) is 13.2 Å². The number of halogens is 3. The number of nitrogens with zero attached hydrogens (tertiary/aromatic N) is 1. The quantitative estimate of drug-likeness (QED) is 0.437. The molecule has 2 nitrogen and oxygen atoms in total. The van der Waals surface area contributed by atoms with Gasteiger partial charge in [-0.25, -0.2) is 0 Å². The van der Waals surface area contributed by atoms with Crippen molar-refractivity contribution in [3.63, 3.8) is 0 Å². The van der Waals surface area contributed by atoms with Gasteiger partial charge >= 0.3 is 12.1 Å². The van der Waals surface area contributed by atoms with Crippen molar-refractivity contribution in [2.45, 2.75) is 32.5 Å². The fraction of sp³-hybridized carbons (Fsp3) is 0.333. The molecule has 1 aliphatic rings. The maximum atomic E-state index is 13.2. The minimum absolute atomic E-state index is 0.295. The third kappa shape index (κ3) is 2.35. The molecule has 0 spiro atoms. The monoisotopic (exact) mass is 375 g/mol. The van der Waals surface area contributed by atoms with Crippen molar-refractivity contribution in [2.75, 3.05) is 4.90 Å². The first kappa shape index (κ1) is 16.6. The zero-order valence-electron chi connectivity index (χ0n) is 12.4. The molecule has 0 saturated heterocycles. The van der Waals surface area contributed by atoms with Crippen LogP contribution in [-0.4, -0.2) is 12.1 Å². The topological polar surface area (TPSA) is 20.3 Å². The van der Waals surface area contributed by atoms with Gasteiger partial charge in [0, 0.05) is 11.1 Å². The van der Waals surface area contributed by atoms with E-state index in [1.54, 1.807) is 39.0 Å². The average molecular weight is 375 g/mol. The molecule has 0 radical (unpaired) electrons. The van der Waals surface area contributed by atoms with E-state index in [-0.39, 0.29) is 0 Å². The van der Waals surface area contributed by atoms with Gasteiger partial charge in [-0.15, -0.1) is 0 Å². The van der Waals surface area contributed by atoms with Crippen LogP contribution in [0, 0.1) is 10.7 Å². The third-order valence-electron chi connectivity index (χ3n) is 3.92. The molecule has 0 bridgehead atoms. The standard InChI is InChI=1S/C15H12F3NOS3/c1-7-5-4-6-8-9-11(22-23-12(9)21)14(2,3)19(10(7)8)13(20)15(16,17)18/h4-6H,1-3H3. The lowest BCUT2D eigenvalue weighted by molar-refractivity contribution is -0.171. The van der Waals surface area contributed by atoms with E-state index in [2.05, 4.69) is 0 Å². The van der Waals surface area contributed by atoms with E-state index in [1.807, 2.05) is 0 Å². The van der Waals surface area contributed by atoms with Crippen LogP contribution >= 0.6 is 32.9 Å². The number of carbonyl (C=O) groups is 1. The molecule has 0 atom stereocenters. The summed E-state index contributed by atoms with van der Waals surface area (Å²) < 4.78 is 40.2. The number of hydrogen-bond acceptors (Lipinski definition) is 4. The van der Waals surface area contributed by atoms with Gasteiger partial charge in [-0.05, 0) is 26.3 Å². The molecule has 0 saturated carbocycles. The van der Waals surface area contributed by atoms with Crippen molar-refractivity contribution in [3.8, 4) is 11.1 Å². The summed E-state index contributed by atoms with van der Waals surface area (Å²) in [6.45, 7) is 4.96. The van der Waals surface area contributed by atoms with Crippen LogP contribution in [0.1, 0.15) is 24.3 Å². The molecule has 0 N–H and O–H groups in total. The summed E-state index contributed by atoms with van der Waals surface area (Å²) in [6.07, 6.45) is -4.94. The second-order valence-electron chi connectivity index (χ2n) is 5.83. The molecule has 1 aromatic heterocycles. The number of amides is 1. The fourth-order valence-electron chi connectivity index (χ4n) is 2.92. The number of para-hydroxylation sites is 1. The normalized spacial score (nSPS) is 16.0. The number of fused-ring (bicyclic) bond motifs is 3. The highest BCUT2D eigenvalue weighted by atomic mass is 32.9. The molecular formula is C15H12F3NOS3. The summed E-state index contributed by atoms with van der Waals surface area (Å²) in [6, 6.07) is 5.20. The summed E-state index contributed by atoms with van der Waals surface area (Å²) in [5.41, 5.74) is 1.18. The Kier molecular flexibility index (Phi) is 3.70. The number of aryl methyl sites for hydroxylation is 1. The first-order chi connectivity index (χ1) is 10.6. The highest BCUT2D eigenvalue weighted by molar-refractivity contribution is 7.80. The highest BCUT2D eigenvalue weighted by Crippen LogP contribution is 2.53. The summed E-state index contributed by atoms with van der Waals surface area (Å²) in [4.78, 5) is 13.7. The summed E-state index contributed by atoms with van der Waals surface area (Å²) >= 11 is 5.38. The Hall–Kier alpha value is -1.25. The van der Waals surface area contributed by atoms with Gasteiger partial charge in [0.25, 0.3) is 0 Å². The molecule has 3 rings (SSSR count). The molecule has 2 heterocycles. The smallest absolute Gasteiger partial charge is 0.293 e. The SMILES string of the molecule is Cc1cccc2c1N(C(=O)C(F)(F)F)C(C)(C)c1ssc(=S)c1-2. The van der Waals surface area contributed by atoms with Crippen molar-refractivity contribution in [1.29, 1.82) is 0 Å². The number of anilines is 1. The first-order valence-electron chi connectivity index (χ1n) is 6.71. The van der Waals surface area contributed by atoms with Crippen molar-refractivity contribution in [1.82, 2.24) is 0 Å². The van der Waals surface area contributed by atoms with Crippen molar-refractivity contribution < 1.29 is 18.0 Å². The largest absolute Gasteiger partial charge is 0.471 e. The van der Waals surface area contributed by atoms with Gasteiger partial charge in [0.1, 0.15) is 3.82 Å². The Morgan fingerprint density at radius 1 is 1.26 bits per heavy atom. The van der Waals surface area contributed by atoms with E-state index in [1.165, 1.54) is 20.7 Å². The lowest BCUT2D eigenvalue weighted by Crippen LogP contribution is -2.53. The lowest BCUT2D eigenvalue weighted by atomic mass is 9.86. The van der Waals surface area contributed by atoms with Crippen LogP contribution in [0.2, 0.25) is 0 Å². The summed E-state index contributed by atoms with van der Waals surface area (Å²) in [5, 5.41) is 0. The molecule has 122 valence electrons. The maximum Gasteiger partial charge on any atom is 0.471 e. The molecule has 23 heavy (non-hydrogen) atoms. The van der Waals surface area contributed by atoms with E-state index >= 15 is 0 Å². The van der Waals surface area contributed by atoms with Gasteiger partial charge < -0.3 is 0 Å². The molecule has 1 aliphatic heterocycles. The average Bonchev–Trinajstić information content (AvgIpc) is 2.82. The zero-order valence-corrected chi connectivity index (χ0v) is 14.9. The van der Waals surface area contributed by atoms with Crippen molar-refractivity contribution in [3.05, 3.63) is 32.5 Å². The molecule has 1 amide bonds. The van der Waals surface area contributed by atoms with Gasteiger partial charge in [0.2, 0.25) is 0 Å². The van der Waals surface area contributed by atoms with Crippen LogP contribution in [0.4, 0.5) is 18.9 Å². The van der Waals surface area contributed by atoms with E-state index in [4.69, 9.17) is 12.2 Å². The molecule has 0 fully saturated rings. The van der Waals surface area contributed by atoms with Crippen LogP contribution in [0.15, 0.2) is 18.2 Å². The molecule has 0 unspecified atom stereocenters. The third-order valence-corrected chi connectivity index (χ3v) is 7.25. The van der Waals surface area contributed by atoms with Crippen molar-refractivity contribution >= 4 is 44.5 Å². The zero-order chi connectivity index (χ0) is 17.2. The van der Waals surface area contributed by atoms with Crippen LogP contribution in [-0.2, 0) is 10.3 Å². The first-order valence-corrected chi connectivity index (χ1v) is 9.27. The Morgan fingerprint density at radius 3 is 2.52 bits per heavy atom. The van der Waals surface area contributed by atoms with Crippen LogP contribution < -0.4 is 4.90 Å². The van der Waals surface area contributed by atoms with Gasteiger partial charge in [0.15, 0.2) is 0 Å². The van der Waals surface area contributed by atoms with E-state index < -0.39 is 17.6 Å². The molecule has 0 aliphatic carbocycles. The number of rotatable bonds is 0. The molecule has 1 aromatic carbocycles. The number of alkyl halides is 3. The van der Waals surface area contributed by atoms with Gasteiger partial charge in [0.05, 0.1) is 16.1 Å². The Bertz CT molecular complexity index is 864. The minimum atomic E-state index is -4.94. The van der Waals surface area contributed by atoms with Gasteiger partial charge in [-0.3, -0.25) is 9.69 Å². The summed E-state index contributed by atoms with van der Waals surface area (Å²) in [7, 11) is 2.69. The number of hydrogen-bond donors (Lipinski definition) is 0. The number of carbonyl (C=O) groups excluding carboxylic acids is 1. The molecular weight excluding hydrogens is 363 g/mol. The molecule has 2 aromatic rings. The van der Waals surface area contributed by atoms with Crippen LogP contribution in [0.3, 0.4) is 0 Å². The van der Waals surface area contributed by atoms with Crippen LogP contribution in [0.25, 0.3) is 11.1 Å². The predicted octanol–water partition coefficient (Wildman–Crippen LogP) is 5.66. The molecule has 8 heteroatoms. The van der Waals surface area contributed by atoms with Crippen LogP contribution in [0.5, 0.6) is 0 Å². The Balaban J connectivity index is 2.40. The Labute approximate surface area is 143 Å². The van der Waals surface area contributed by atoms with Gasteiger partial charge in [-0.1, -0.05) is 51.1 Å². The minimum Gasteiger partial charge on any atom is -0.293 e. The predicted molar refractivity (Wildman–Crippen MR) is 89.8 cm³/mol. The fourth-order valence-corrected chi connectivity index (χ4v) is 6.20. The highest BCUT2D eigenvalue weighted by Gasteiger charge is 2.52. The second kappa shape index (κ2) is 5.12. The van der Waals surface area contributed by atoms with Crippen molar-refractivity contribution in [2.24, 2.45) is 0 Å². The lowest BCUT2D eigenvalue weighted by Gasteiger charge is -2.43. The number of benzene rings is 1. The van der Waals surface area contributed by atoms with E-state index in [0.29, 0.717) is 25.5 Å².